The first-order valence-corrected chi connectivity index (χ1v) is 9.58. The summed E-state index contributed by atoms with van der Waals surface area (Å²) in [4.78, 5) is 26.8. The van der Waals surface area contributed by atoms with E-state index in [1.807, 2.05) is 59.5 Å². The maximum Gasteiger partial charge on any atom is 0.234 e. The van der Waals surface area contributed by atoms with E-state index >= 15 is 0 Å². The highest BCUT2D eigenvalue weighted by Gasteiger charge is 2.26. The molecule has 0 aromatic heterocycles. The minimum atomic E-state index is -0.102. The molecule has 1 aliphatic heterocycles. The predicted octanol–water partition coefficient (Wildman–Crippen LogP) is 3.31. The van der Waals surface area contributed by atoms with Crippen LogP contribution in [0.25, 0.3) is 0 Å². The molecule has 1 fully saturated rings. The highest BCUT2D eigenvalue weighted by Crippen LogP contribution is 2.19. The lowest BCUT2D eigenvalue weighted by Crippen LogP contribution is -2.45. The summed E-state index contributed by atoms with van der Waals surface area (Å²) in [5, 5.41) is 6.51. The van der Waals surface area contributed by atoms with Gasteiger partial charge in [-0.25, -0.2) is 0 Å². The number of nitrogens with zero attached hydrogens (tertiary/aromatic N) is 1. The monoisotopic (exact) mass is 385 g/mol. The molecule has 0 aliphatic carbocycles. The van der Waals surface area contributed by atoms with Crippen molar-refractivity contribution in [1.82, 2.24) is 10.2 Å². The number of halogens is 1. The molecule has 3 rings (SSSR count). The number of carbonyl (C=O) groups is 2. The Hall–Kier alpha value is -2.37. The third-order valence-corrected chi connectivity index (χ3v) is 5.09. The fourth-order valence-corrected chi connectivity index (χ4v) is 3.48. The molecule has 2 aromatic rings. The summed E-state index contributed by atoms with van der Waals surface area (Å²) >= 11 is 6.11. The zero-order valence-electron chi connectivity index (χ0n) is 15.2. The van der Waals surface area contributed by atoms with Crippen LogP contribution in [0.2, 0.25) is 5.02 Å². The predicted molar refractivity (Wildman–Crippen MR) is 108 cm³/mol. The number of benzene rings is 2. The quantitative estimate of drug-likeness (QED) is 0.802. The van der Waals surface area contributed by atoms with Gasteiger partial charge in [0.25, 0.3) is 0 Å². The number of hydrogen-bond donors (Lipinski definition) is 2. The number of nitrogens with one attached hydrogen (secondary N) is 2. The first kappa shape index (κ1) is 19.4. The van der Waals surface area contributed by atoms with Crippen LogP contribution < -0.4 is 10.6 Å². The van der Waals surface area contributed by atoms with E-state index < -0.39 is 0 Å². The zero-order chi connectivity index (χ0) is 19.1. The summed E-state index contributed by atoms with van der Waals surface area (Å²) in [5.41, 5.74) is 1.70. The first-order valence-electron chi connectivity index (χ1n) is 9.20. The summed E-state index contributed by atoms with van der Waals surface area (Å²) < 4.78 is 0. The molecule has 1 aliphatic rings. The van der Waals surface area contributed by atoms with E-state index in [2.05, 4.69) is 10.6 Å². The average molecular weight is 386 g/mol. The molecule has 1 heterocycles. The maximum atomic E-state index is 12.5. The molecule has 2 N–H and O–H groups in total. The van der Waals surface area contributed by atoms with Crippen molar-refractivity contribution in [2.45, 2.75) is 19.4 Å². The van der Waals surface area contributed by atoms with Gasteiger partial charge in [0.05, 0.1) is 12.5 Å². The fraction of sp³-hybridized carbons (Fsp3) is 0.333. The minimum Gasteiger partial charge on any atom is -0.351 e. The first-order chi connectivity index (χ1) is 13.1. The number of hydrogen-bond acceptors (Lipinski definition) is 3. The van der Waals surface area contributed by atoms with Crippen molar-refractivity contribution in [3.8, 4) is 0 Å². The van der Waals surface area contributed by atoms with Crippen molar-refractivity contribution in [3.63, 3.8) is 0 Å². The van der Waals surface area contributed by atoms with Gasteiger partial charge < -0.3 is 10.6 Å². The van der Waals surface area contributed by atoms with E-state index in [1.165, 1.54) is 0 Å². The van der Waals surface area contributed by atoms with Crippen molar-refractivity contribution < 1.29 is 9.59 Å². The average Bonchev–Trinajstić information content (AvgIpc) is 2.68. The van der Waals surface area contributed by atoms with E-state index in [0.29, 0.717) is 24.7 Å². The zero-order valence-corrected chi connectivity index (χ0v) is 15.9. The Kier molecular flexibility index (Phi) is 6.85. The Balaban J connectivity index is 1.47. The van der Waals surface area contributed by atoms with Crippen LogP contribution in [-0.4, -0.2) is 36.3 Å². The fourth-order valence-electron chi connectivity index (χ4n) is 3.27. The van der Waals surface area contributed by atoms with Crippen LogP contribution in [0, 0.1) is 5.92 Å². The van der Waals surface area contributed by atoms with Gasteiger partial charge in [0.1, 0.15) is 0 Å². The molecule has 1 saturated heterocycles. The lowest BCUT2D eigenvalue weighted by Gasteiger charge is -2.31. The Labute approximate surface area is 164 Å². The second-order valence-electron chi connectivity index (χ2n) is 6.80. The topological polar surface area (TPSA) is 61.4 Å². The summed E-state index contributed by atoms with van der Waals surface area (Å²) in [5.74, 6) is -0.142. The van der Waals surface area contributed by atoms with Gasteiger partial charge >= 0.3 is 0 Å². The lowest BCUT2D eigenvalue weighted by molar-refractivity contribution is -0.125. The minimum absolute atomic E-state index is 0.0161. The molecule has 1 unspecified atom stereocenters. The van der Waals surface area contributed by atoms with Gasteiger partial charge in [-0.3, -0.25) is 14.5 Å². The van der Waals surface area contributed by atoms with Gasteiger partial charge in [-0.15, -0.1) is 0 Å². The summed E-state index contributed by atoms with van der Waals surface area (Å²) in [6, 6.07) is 16.9. The van der Waals surface area contributed by atoms with Gasteiger partial charge in [0, 0.05) is 23.8 Å². The van der Waals surface area contributed by atoms with E-state index in [0.717, 1.165) is 30.6 Å². The molecule has 0 spiro atoms. The highest BCUT2D eigenvalue weighted by atomic mass is 35.5. The van der Waals surface area contributed by atoms with Gasteiger partial charge in [-0.05, 0) is 43.1 Å². The summed E-state index contributed by atoms with van der Waals surface area (Å²) in [7, 11) is 0. The van der Waals surface area contributed by atoms with Gasteiger partial charge in [-0.2, -0.15) is 0 Å². The van der Waals surface area contributed by atoms with Crippen LogP contribution in [0.15, 0.2) is 54.6 Å². The Morgan fingerprint density at radius 1 is 1.07 bits per heavy atom. The standard InChI is InChI=1S/C21H24ClN3O2/c22-19-11-5-4-7-16(19)13-23-20(26)15-25-12-6-8-17(14-25)21(27)24-18-9-2-1-3-10-18/h1-5,7,9-11,17H,6,8,12-15H2,(H,23,26)(H,24,27). The van der Waals surface area contributed by atoms with E-state index in [9.17, 15) is 9.59 Å². The molecule has 2 aromatic carbocycles. The molecule has 0 radical (unpaired) electrons. The molecule has 0 saturated carbocycles. The van der Waals surface area contributed by atoms with Crippen molar-refractivity contribution >= 4 is 29.1 Å². The molecule has 6 heteroatoms. The van der Waals surface area contributed by atoms with Crippen LogP contribution in [0.3, 0.4) is 0 Å². The second kappa shape index (κ2) is 9.53. The van der Waals surface area contributed by atoms with Crippen molar-refractivity contribution in [1.29, 1.82) is 0 Å². The maximum absolute atomic E-state index is 12.5. The van der Waals surface area contributed by atoms with Crippen LogP contribution >= 0.6 is 11.6 Å². The third kappa shape index (κ3) is 5.81. The van der Waals surface area contributed by atoms with Crippen LogP contribution in [0.4, 0.5) is 5.69 Å². The molecule has 2 amide bonds. The lowest BCUT2D eigenvalue weighted by atomic mass is 9.97. The van der Waals surface area contributed by atoms with Crippen molar-refractivity contribution in [2.24, 2.45) is 5.92 Å². The van der Waals surface area contributed by atoms with Crippen LogP contribution in [0.5, 0.6) is 0 Å². The van der Waals surface area contributed by atoms with Crippen molar-refractivity contribution in [2.75, 3.05) is 25.0 Å². The number of carbonyl (C=O) groups excluding carboxylic acids is 2. The molecule has 1 atom stereocenters. The molecule has 27 heavy (non-hydrogen) atoms. The van der Waals surface area contributed by atoms with E-state index in [1.54, 1.807) is 0 Å². The number of amides is 2. The molecular weight excluding hydrogens is 362 g/mol. The highest BCUT2D eigenvalue weighted by molar-refractivity contribution is 6.31. The van der Waals surface area contributed by atoms with Crippen LogP contribution in [0.1, 0.15) is 18.4 Å². The van der Waals surface area contributed by atoms with E-state index in [-0.39, 0.29) is 17.7 Å². The SMILES string of the molecule is O=C(CN1CCCC(C(=O)Nc2ccccc2)C1)NCc1ccccc1Cl. The summed E-state index contributed by atoms with van der Waals surface area (Å²) in [6.07, 6.45) is 1.75. The normalized spacial score (nSPS) is 17.3. The van der Waals surface area contributed by atoms with Crippen LogP contribution in [-0.2, 0) is 16.1 Å². The van der Waals surface area contributed by atoms with Gasteiger partial charge in [0.2, 0.25) is 11.8 Å². The number of piperidine rings is 1. The smallest absolute Gasteiger partial charge is 0.234 e. The molecule has 0 bridgehead atoms. The van der Waals surface area contributed by atoms with Crippen molar-refractivity contribution in [3.05, 3.63) is 65.2 Å². The molecule has 5 nitrogen and oxygen atoms in total. The Morgan fingerprint density at radius 2 is 1.81 bits per heavy atom. The summed E-state index contributed by atoms with van der Waals surface area (Å²) in [6.45, 7) is 2.12. The van der Waals surface area contributed by atoms with E-state index in [4.69, 9.17) is 11.6 Å². The largest absolute Gasteiger partial charge is 0.351 e. The van der Waals surface area contributed by atoms with Gasteiger partial charge in [-0.1, -0.05) is 48.0 Å². The number of likely N-dealkylation sites (tertiary alicyclic amines) is 1. The molecule has 142 valence electrons. The Bertz CT molecular complexity index is 782. The number of rotatable bonds is 6. The third-order valence-electron chi connectivity index (χ3n) is 4.72. The number of para-hydroxylation sites is 1. The molecular formula is C21H24ClN3O2. The van der Waals surface area contributed by atoms with Gasteiger partial charge in [0.15, 0.2) is 0 Å². The second-order valence-corrected chi connectivity index (χ2v) is 7.20. The Morgan fingerprint density at radius 3 is 2.59 bits per heavy atom. The number of anilines is 1.